The van der Waals surface area contributed by atoms with Crippen LogP contribution >= 0.6 is 11.8 Å². The zero-order chi connectivity index (χ0) is 14.1. The highest BCUT2D eigenvalue weighted by molar-refractivity contribution is 8.08. The van der Waals surface area contributed by atoms with E-state index in [-0.39, 0.29) is 0 Å². The largest absolute Gasteiger partial charge is 0.346 e. The Balaban J connectivity index is 1.77. The molecule has 21 heavy (non-hydrogen) atoms. The molecular formula is C16H14N4S. The van der Waals surface area contributed by atoms with Gasteiger partial charge < -0.3 is 9.88 Å². The van der Waals surface area contributed by atoms with Crippen LogP contribution < -0.4 is 4.90 Å². The van der Waals surface area contributed by atoms with Crippen LogP contribution in [-0.2, 0) is 0 Å². The minimum Gasteiger partial charge on any atom is -0.346 e. The molecule has 1 aromatic carbocycles. The van der Waals surface area contributed by atoms with Crippen molar-refractivity contribution >= 4 is 33.5 Å². The summed E-state index contributed by atoms with van der Waals surface area (Å²) in [5, 5.41) is 1.06. The summed E-state index contributed by atoms with van der Waals surface area (Å²) < 4.78 is 0. The number of benzene rings is 1. The highest BCUT2D eigenvalue weighted by atomic mass is 32.2. The summed E-state index contributed by atoms with van der Waals surface area (Å²) in [5.74, 6) is 2.02. The Morgan fingerprint density at radius 2 is 2.00 bits per heavy atom. The van der Waals surface area contributed by atoms with Crippen LogP contribution in [0.5, 0.6) is 0 Å². The van der Waals surface area contributed by atoms with E-state index in [2.05, 4.69) is 50.3 Å². The first kappa shape index (κ1) is 12.5. The lowest BCUT2D eigenvalue weighted by Crippen LogP contribution is -2.24. The van der Waals surface area contributed by atoms with Gasteiger partial charge in [0.2, 0.25) is 0 Å². The Kier molecular flexibility index (Phi) is 3.12. The lowest BCUT2D eigenvalue weighted by Gasteiger charge is -2.26. The molecule has 1 aliphatic rings. The molecule has 0 bridgehead atoms. The fourth-order valence-corrected chi connectivity index (χ4v) is 3.52. The van der Waals surface area contributed by atoms with E-state index in [1.165, 1.54) is 10.5 Å². The number of rotatable bonds is 2. The molecule has 0 unspecified atom stereocenters. The second kappa shape index (κ2) is 5.26. The van der Waals surface area contributed by atoms with Gasteiger partial charge in [0.05, 0.1) is 5.39 Å². The van der Waals surface area contributed by atoms with Gasteiger partial charge >= 0.3 is 0 Å². The van der Waals surface area contributed by atoms with E-state index in [1.54, 1.807) is 6.33 Å². The molecule has 0 saturated carbocycles. The molecule has 0 fully saturated rings. The third-order valence-electron chi connectivity index (χ3n) is 3.53. The summed E-state index contributed by atoms with van der Waals surface area (Å²) in [5.41, 5.74) is 2.14. The van der Waals surface area contributed by atoms with E-state index in [1.807, 2.05) is 30.1 Å². The molecule has 1 aliphatic heterocycles. The van der Waals surface area contributed by atoms with Gasteiger partial charge in [0.15, 0.2) is 0 Å². The number of aromatic amines is 1. The maximum Gasteiger partial charge on any atom is 0.145 e. The molecule has 0 amide bonds. The van der Waals surface area contributed by atoms with Crippen LogP contribution in [-0.4, -0.2) is 27.2 Å². The van der Waals surface area contributed by atoms with Gasteiger partial charge in [-0.15, -0.1) is 11.8 Å². The molecule has 5 heteroatoms. The highest BCUT2D eigenvalue weighted by Crippen LogP contribution is 2.34. The molecule has 0 spiro atoms. The Bertz CT molecular complexity index is 794. The van der Waals surface area contributed by atoms with Crippen molar-refractivity contribution in [3.63, 3.8) is 0 Å². The molecule has 3 heterocycles. The van der Waals surface area contributed by atoms with E-state index < -0.39 is 0 Å². The van der Waals surface area contributed by atoms with Crippen molar-refractivity contribution in [3.8, 4) is 0 Å². The average molecular weight is 294 g/mol. The minimum absolute atomic E-state index is 0.882. The Labute approximate surface area is 126 Å². The molecule has 0 atom stereocenters. The van der Waals surface area contributed by atoms with Crippen LogP contribution in [0.15, 0.2) is 55.1 Å². The topological polar surface area (TPSA) is 44.8 Å². The monoisotopic (exact) mass is 294 g/mol. The molecule has 0 radical (unpaired) electrons. The zero-order valence-electron chi connectivity index (χ0n) is 11.4. The lowest BCUT2D eigenvalue weighted by molar-refractivity contribution is 0.988. The van der Waals surface area contributed by atoms with Crippen LogP contribution in [0, 0.1) is 0 Å². The van der Waals surface area contributed by atoms with E-state index in [0.29, 0.717) is 0 Å². The fourth-order valence-electron chi connectivity index (χ4n) is 2.51. The first-order valence-electron chi connectivity index (χ1n) is 6.86. The van der Waals surface area contributed by atoms with Gasteiger partial charge in [-0.3, -0.25) is 0 Å². The number of H-pyrrole nitrogens is 1. The third-order valence-corrected chi connectivity index (χ3v) is 4.56. The van der Waals surface area contributed by atoms with Crippen molar-refractivity contribution < 1.29 is 0 Å². The first-order valence-corrected chi connectivity index (χ1v) is 7.85. The molecule has 104 valence electrons. The Morgan fingerprint density at radius 3 is 2.90 bits per heavy atom. The van der Waals surface area contributed by atoms with Gasteiger partial charge in [0.25, 0.3) is 0 Å². The molecule has 3 aromatic rings. The minimum atomic E-state index is 0.882. The van der Waals surface area contributed by atoms with E-state index in [9.17, 15) is 0 Å². The summed E-state index contributed by atoms with van der Waals surface area (Å²) >= 11 is 1.89. The normalized spacial score (nSPS) is 15.2. The predicted octanol–water partition coefficient (Wildman–Crippen LogP) is 3.51. The van der Waals surface area contributed by atoms with Gasteiger partial charge in [-0.1, -0.05) is 30.3 Å². The summed E-state index contributed by atoms with van der Waals surface area (Å²) in [6.45, 7) is 0.957. The quantitative estimate of drug-likeness (QED) is 0.785. The predicted molar refractivity (Wildman–Crippen MR) is 88.1 cm³/mol. The van der Waals surface area contributed by atoms with Crippen LogP contribution in [0.2, 0.25) is 0 Å². The number of aromatic nitrogens is 3. The summed E-state index contributed by atoms with van der Waals surface area (Å²) in [6.07, 6.45) is 5.72. The Hall–Kier alpha value is -2.27. The third kappa shape index (κ3) is 2.29. The average Bonchev–Trinajstić information content (AvgIpc) is 3.04. The van der Waals surface area contributed by atoms with Gasteiger partial charge in [-0.2, -0.15) is 0 Å². The Morgan fingerprint density at radius 1 is 1.10 bits per heavy atom. The first-order chi connectivity index (χ1) is 10.4. The number of hydrogen-bond donors (Lipinski definition) is 1. The van der Waals surface area contributed by atoms with E-state index in [4.69, 9.17) is 0 Å². The second-order valence-corrected chi connectivity index (χ2v) is 5.98. The van der Waals surface area contributed by atoms with Gasteiger partial charge in [-0.25, -0.2) is 9.97 Å². The van der Waals surface area contributed by atoms with Crippen LogP contribution in [0.25, 0.3) is 15.9 Å². The van der Waals surface area contributed by atoms with Crippen molar-refractivity contribution in [2.75, 3.05) is 17.2 Å². The van der Waals surface area contributed by atoms with Crippen molar-refractivity contribution in [1.82, 2.24) is 15.0 Å². The summed E-state index contributed by atoms with van der Waals surface area (Å²) in [4.78, 5) is 15.4. The smallest absolute Gasteiger partial charge is 0.145 e. The lowest BCUT2D eigenvalue weighted by atomic mass is 10.2. The van der Waals surface area contributed by atoms with Gasteiger partial charge in [-0.05, 0) is 11.6 Å². The van der Waals surface area contributed by atoms with Gasteiger partial charge in [0.1, 0.15) is 17.8 Å². The SMILES string of the molecule is C1=C(c2ccccc2)SCCN1c1ncnc2[nH]ccc12. The molecule has 0 saturated heterocycles. The summed E-state index contributed by atoms with van der Waals surface area (Å²) in [7, 11) is 0. The van der Waals surface area contributed by atoms with E-state index in [0.717, 1.165) is 29.1 Å². The number of thioether (sulfide) groups is 1. The van der Waals surface area contributed by atoms with Crippen molar-refractivity contribution in [2.45, 2.75) is 0 Å². The molecule has 2 aromatic heterocycles. The number of anilines is 1. The van der Waals surface area contributed by atoms with E-state index >= 15 is 0 Å². The fraction of sp³-hybridized carbons (Fsp3) is 0.125. The molecular weight excluding hydrogens is 280 g/mol. The van der Waals surface area contributed by atoms with Crippen molar-refractivity contribution in [3.05, 3.63) is 60.7 Å². The number of hydrogen-bond acceptors (Lipinski definition) is 4. The van der Waals surface area contributed by atoms with Crippen molar-refractivity contribution in [2.24, 2.45) is 0 Å². The number of nitrogens with one attached hydrogen (secondary N) is 1. The molecule has 4 nitrogen and oxygen atoms in total. The maximum atomic E-state index is 4.47. The standard InChI is InChI=1S/C16H14N4S/c1-2-4-12(5-3-1)14-10-20(8-9-21-14)16-13-6-7-17-15(13)18-11-19-16/h1-7,10-11H,8-9H2,(H,17,18,19). The molecule has 1 N–H and O–H groups in total. The number of nitrogens with zero attached hydrogens (tertiary/aromatic N) is 3. The van der Waals surface area contributed by atoms with Crippen LogP contribution in [0.1, 0.15) is 5.56 Å². The highest BCUT2D eigenvalue weighted by Gasteiger charge is 2.17. The van der Waals surface area contributed by atoms with Crippen molar-refractivity contribution in [1.29, 1.82) is 0 Å². The molecule has 0 aliphatic carbocycles. The van der Waals surface area contributed by atoms with Crippen LogP contribution in [0.3, 0.4) is 0 Å². The van der Waals surface area contributed by atoms with Gasteiger partial charge in [0, 0.05) is 29.6 Å². The maximum absolute atomic E-state index is 4.47. The zero-order valence-corrected chi connectivity index (χ0v) is 12.2. The second-order valence-electron chi connectivity index (χ2n) is 4.84. The number of fused-ring (bicyclic) bond motifs is 1. The van der Waals surface area contributed by atoms with Crippen LogP contribution in [0.4, 0.5) is 5.82 Å². The summed E-state index contributed by atoms with van der Waals surface area (Å²) in [6, 6.07) is 12.5. The molecule has 4 rings (SSSR count).